The van der Waals surface area contributed by atoms with Gasteiger partial charge in [-0.25, -0.2) is 0 Å². The number of nitrogens with zero attached hydrogens (tertiary/aromatic N) is 2. The summed E-state index contributed by atoms with van der Waals surface area (Å²) in [4.78, 5) is 0. The molecule has 114 valence electrons. The zero-order chi connectivity index (χ0) is 14.8. The fourth-order valence-corrected chi connectivity index (χ4v) is 3.72. The molecule has 0 bridgehead atoms. The van der Waals surface area contributed by atoms with Crippen molar-refractivity contribution in [3.63, 3.8) is 0 Å². The maximum atomic E-state index is 4.73. The summed E-state index contributed by atoms with van der Waals surface area (Å²) in [6.07, 6.45) is 7.26. The summed E-state index contributed by atoms with van der Waals surface area (Å²) in [5.74, 6) is 0.770. The van der Waals surface area contributed by atoms with E-state index in [-0.39, 0.29) is 0 Å². The van der Waals surface area contributed by atoms with E-state index in [0.717, 1.165) is 18.9 Å². The van der Waals surface area contributed by atoms with Crippen molar-refractivity contribution in [3.8, 4) is 0 Å². The molecule has 1 fully saturated rings. The quantitative estimate of drug-likeness (QED) is 0.857. The molecule has 1 N–H and O–H groups in total. The molecule has 3 heteroatoms. The number of nitrogens with one attached hydrogen (secondary N) is 1. The highest BCUT2D eigenvalue weighted by molar-refractivity contribution is 5.05. The van der Waals surface area contributed by atoms with Crippen molar-refractivity contribution in [2.24, 2.45) is 11.3 Å². The minimum atomic E-state index is 0.448. The second-order valence-corrected chi connectivity index (χ2v) is 7.24. The molecule has 3 nitrogen and oxygen atoms in total. The lowest BCUT2D eigenvalue weighted by molar-refractivity contribution is 0.196. The van der Waals surface area contributed by atoms with Gasteiger partial charge in [0.05, 0.1) is 5.69 Å². The molecule has 0 saturated heterocycles. The standard InChI is InChI=1S/C17H31N3/c1-6-18-16(15-8-7-10-17(15,4)5)12-14-9-11-20(19-14)13(2)3/h9,11,13,15-16,18H,6-8,10,12H2,1-5H3. The number of aromatic nitrogens is 2. The van der Waals surface area contributed by atoms with Gasteiger partial charge in [0.25, 0.3) is 0 Å². The Balaban J connectivity index is 2.08. The van der Waals surface area contributed by atoms with E-state index in [1.54, 1.807) is 0 Å². The molecular weight excluding hydrogens is 246 g/mol. The van der Waals surface area contributed by atoms with Crippen LogP contribution in [0.2, 0.25) is 0 Å². The van der Waals surface area contributed by atoms with Crippen molar-refractivity contribution in [1.82, 2.24) is 15.1 Å². The van der Waals surface area contributed by atoms with Crippen LogP contribution in [0.3, 0.4) is 0 Å². The number of hydrogen-bond donors (Lipinski definition) is 1. The molecule has 1 aliphatic rings. The minimum Gasteiger partial charge on any atom is -0.314 e. The van der Waals surface area contributed by atoms with Crippen LogP contribution in [0, 0.1) is 11.3 Å². The monoisotopic (exact) mass is 277 g/mol. The maximum Gasteiger partial charge on any atom is 0.0640 e. The van der Waals surface area contributed by atoms with Crippen molar-refractivity contribution in [1.29, 1.82) is 0 Å². The van der Waals surface area contributed by atoms with Gasteiger partial charge in [-0.15, -0.1) is 0 Å². The highest BCUT2D eigenvalue weighted by Gasteiger charge is 2.39. The second-order valence-electron chi connectivity index (χ2n) is 7.24. The van der Waals surface area contributed by atoms with Crippen LogP contribution in [0.25, 0.3) is 0 Å². The minimum absolute atomic E-state index is 0.448. The normalized spacial score (nSPS) is 23.4. The smallest absolute Gasteiger partial charge is 0.0640 e. The fourth-order valence-electron chi connectivity index (χ4n) is 3.72. The van der Waals surface area contributed by atoms with E-state index in [2.05, 4.69) is 56.9 Å². The van der Waals surface area contributed by atoms with E-state index in [0.29, 0.717) is 17.5 Å². The van der Waals surface area contributed by atoms with Gasteiger partial charge in [0.15, 0.2) is 0 Å². The molecule has 0 amide bonds. The third-order valence-electron chi connectivity index (χ3n) is 4.91. The molecule has 0 radical (unpaired) electrons. The second kappa shape index (κ2) is 6.30. The Bertz CT molecular complexity index is 420. The van der Waals surface area contributed by atoms with Crippen LogP contribution in [0.4, 0.5) is 0 Å². The Morgan fingerprint density at radius 1 is 1.45 bits per heavy atom. The molecule has 2 unspecified atom stereocenters. The predicted molar refractivity (Wildman–Crippen MR) is 84.9 cm³/mol. The maximum absolute atomic E-state index is 4.73. The van der Waals surface area contributed by atoms with Gasteiger partial charge in [-0.2, -0.15) is 5.10 Å². The molecule has 0 spiro atoms. The Morgan fingerprint density at radius 3 is 2.70 bits per heavy atom. The van der Waals surface area contributed by atoms with Gasteiger partial charge < -0.3 is 5.32 Å². The Labute approximate surface area is 124 Å². The number of hydrogen-bond acceptors (Lipinski definition) is 2. The third-order valence-corrected chi connectivity index (χ3v) is 4.91. The first-order valence-electron chi connectivity index (χ1n) is 8.21. The first kappa shape index (κ1) is 15.6. The van der Waals surface area contributed by atoms with Crippen molar-refractivity contribution in [2.75, 3.05) is 6.54 Å². The van der Waals surface area contributed by atoms with E-state index < -0.39 is 0 Å². The van der Waals surface area contributed by atoms with Crippen molar-refractivity contribution < 1.29 is 0 Å². The van der Waals surface area contributed by atoms with Gasteiger partial charge in [0, 0.05) is 24.7 Å². The molecule has 2 rings (SSSR count). The Kier molecular flexibility index (Phi) is 4.90. The average molecular weight is 277 g/mol. The molecule has 2 atom stereocenters. The summed E-state index contributed by atoms with van der Waals surface area (Å²) >= 11 is 0. The number of likely N-dealkylation sites (N-methyl/N-ethyl adjacent to an activating group) is 1. The molecule has 1 aromatic heterocycles. The first-order chi connectivity index (χ1) is 9.44. The van der Waals surface area contributed by atoms with Crippen LogP contribution >= 0.6 is 0 Å². The van der Waals surface area contributed by atoms with Crippen LogP contribution in [-0.4, -0.2) is 22.4 Å². The topological polar surface area (TPSA) is 29.9 Å². The summed E-state index contributed by atoms with van der Waals surface area (Å²) in [7, 11) is 0. The molecule has 1 heterocycles. The zero-order valence-corrected chi connectivity index (χ0v) is 13.8. The third kappa shape index (κ3) is 3.43. The largest absolute Gasteiger partial charge is 0.314 e. The van der Waals surface area contributed by atoms with Crippen LogP contribution in [0.1, 0.15) is 65.6 Å². The van der Waals surface area contributed by atoms with Crippen LogP contribution in [0.15, 0.2) is 12.3 Å². The van der Waals surface area contributed by atoms with Gasteiger partial charge in [-0.05, 0) is 50.6 Å². The highest BCUT2D eigenvalue weighted by atomic mass is 15.3. The molecule has 1 aliphatic carbocycles. The summed E-state index contributed by atoms with van der Waals surface area (Å²) < 4.78 is 2.07. The van der Waals surface area contributed by atoms with Crippen LogP contribution in [0.5, 0.6) is 0 Å². The zero-order valence-electron chi connectivity index (χ0n) is 13.8. The van der Waals surface area contributed by atoms with Gasteiger partial charge in [-0.1, -0.05) is 27.2 Å². The van der Waals surface area contributed by atoms with Crippen molar-refractivity contribution in [2.45, 2.75) is 72.4 Å². The molecule has 20 heavy (non-hydrogen) atoms. The van der Waals surface area contributed by atoms with E-state index in [1.807, 2.05) is 0 Å². The Morgan fingerprint density at radius 2 is 2.20 bits per heavy atom. The summed E-state index contributed by atoms with van der Waals surface area (Å²) in [5, 5.41) is 8.45. The molecule has 0 aromatic carbocycles. The lowest BCUT2D eigenvalue weighted by Crippen LogP contribution is -2.42. The van der Waals surface area contributed by atoms with Gasteiger partial charge in [0.1, 0.15) is 0 Å². The van der Waals surface area contributed by atoms with Gasteiger partial charge in [-0.3, -0.25) is 4.68 Å². The molecule has 1 aromatic rings. The lowest BCUT2D eigenvalue weighted by Gasteiger charge is -2.34. The SMILES string of the molecule is CCNC(Cc1ccn(C(C)C)n1)C1CCCC1(C)C. The fraction of sp³-hybridized carbons (Fsp3) is 0.824. The summed E-state index contributed by atoms with van der Waals surface area (Å²) in [5.41, 5.74) is 1.69. The summed E-state index contributed by atoms with van der Waals surface area (Å²) in [6, 6.07) is 3.20. The van der Waals surface area contributed by atoms with E-state index in [9.17, 15) is 0 Å². The Hall–Kier alpha value is -0.830. The lowest BCUT2D eigenvalue weighted by atomic mass is 9.76. The van der Waals surface area contributed by atoms with Crippen LogP contribution < -0.4 is 5.32 Å². The van der Waals surface area contributed by atoms with Crippen LogP contribution in [-0.2, 0) is 6.42 Å². The van der Waals surface area contributed by atoms with E-state index in [1.165, 1.54) is 25.0 Å². The van der Waals surface area contributed by atoms with Crippen molar-refractivity contribution >= 4 is 0 Å². The van der Waals surface area contributed by atoms with Gasteiger partial charge in [0.2, 0.25) is 0 Å². The van der Waals surface area contributed by atoms with E-state index in [4.69, 9.17) is 5.10 Å². The molecule has 1 saturated carbocycles. The van der Waals surface area contributed by atoms with Crippen molar-refractivity contribution in [3.05, 3.63) is 18.0 Å². The highest BCUT2D eigenvalue weighted by Crippen LogP contribution is 2.44. The first-order valence-corrected chi connectivity index (χ1v) is 8.21. The molecule has 0 aliphatic heterocycles. The van der Waals surface area contributed by atoms with E-state index >= 15 is 0 Å². The number of rotatable bonds is 6. The predicted octanol–water partition coefficient (Wildman–Crippen LogP) is 3.81. The molecular formula is C17H31N3. The van der Waals surface area contributed by atoms with Gasteiger partial charge >= 0.3 is 0 Å². The average Bonchev–Trinajstić information content (AvgIpc) is 2.95. The summed E-state index contributed by atoms with van der Waals surface area (Å²) in [6.45, 7) is 12.5.